The number of methoxy groups -OCH3 is 1. The first-order chi connectivity index (χ1) is 20.8. The van der Waals surface area contributed by atoms with Gasteiger partial charge in [-0.15, -0.1) is 0 Å². The van der Waals surface area contributed by atoms with E-state index >= 15 is 0 Å². The molecule has 1 N–H and O–H groups in total. The van der Waals surface area contributed by atoms with Crippen molar-refractivity contribution in [3.05, 3.63) is 76.2 Å². The molecule has 0 spiro atoms. The fourth-order valence-corrected chi connectivity index (χ4v) is 6.21. The summed E-state index contributed by atoms with van der Waals surface area (Å²) in [6.45, 7) is -1.31. The Labute approximate surface area is 255 Å². The monoisotopic (exact) mass is 658 g/mol. The summed E-state index contributed by atoms with van der Waals surface area (Å²) >= 11 is 6.10. The molecule has 0 unspecified atom stereocenters. The Hall–Kier alpha value is -3.88. The minimum absolute atomic E-state index is 0.0125. The molecule has 0 bridgehead atoms. The van der Waals surface area contributed by atoms with Crippen LogP contribution in [0.2, 0.25) is 5.02 Å². The molecule has 0 amide bonds. The first kappa shape index (κ1) is 33.0. The number of sulfonamides is 1. The predicted octanol–water partition coefficient (Wildman–Crippen LogP) is 5.73. The number of carbonyl (C=O) groups is 1. The summed E-state index contributed by atoms with van der Waals surface area (Å²) in [7, 11) is -3.58. The van der Waals surface area contributed by atoms with Gasteiger partial charge in [0.15, 0.2) is 4.90 Å². The van der Waals surface area contributed by atoms with Gasteiger partial charge in [0.2, 0.25) is 5.88 Å². The molecule has 1 aliphatic heterocycles. The maximum Gasteiger partial charge on any atom is 0.417 e. The van der Waals surface area contributed by atoms with E-state index < -0.39 is 63.6 Å². The van der Waals surface area contributed by atoms with E-state index in [9.17, 15) is 35.9 Å². The molecule has 2 aromatic carbocycles. The van der Waals surface area contributed by atoms with Crippen LogP contribution in [0.3, 0.4) is 0 Å². The highest BCUT2D eigenvalue weighted by Crippen LogP contribution is 2.41. The number of hydrogen-bond donors (Lipinski definition) is 1. The summed E-state index contributed by atoms with van der Waals surface area (Å²) in [5.74, 6) is -1.59. The van der Waals surface area contributed by atoms with Crippen LogP contribution in [0.1, 0.15) is 36.0 Å². The van der Waals surface area contributed by atoms with Crippen molar-refractivity contribution in [1.82, 2.24) is 4.98 Å². The summed E-state index contributed by atoms with van der Waals surface area (Å²) < 4.78 is 100. The average Bonchev–Trinajstić information content (AvgIpc) is 2.98. The number of aromatic nitrogens is 1. The van der Waals surface area contributed by atoms with Crippen molar-refractivity contribution in [2.45, 2.75) is 36.4 Å². The van der Waals surface area contributed by atoms with E-state index in [2.05, 4.69) is 9.72 Å². The number of benzene rings is 2. The summed E-state index contributed by atoms with van der Waals surface area (Å²) in [5, 5.41) is 9.32. The zero-order valence-electron chi connectivity index (χ0n) is 23.2. The second-order valence-corrected chi connectivity index (χ2v) is 11.8. The zero-order valence-corrected chi connectivity index (χ0v) is 24.8. The van der Waals surface area contributed by atoms with Gasteiger partial charge in [0.05, 0.1) is 36.5 Å². The number of alkyl halides is 3. The van der Waals surface area contributed by atoms with Gasteiger partial charge >= 0.3 is 12.1 Å². The number of ether oxygens (including phenoxy) is 3. The third kappa shape index (κ3) is 7.60. The van der Waals surface area contributed by atoms with Crippen LogP contribution in [0.15, 0.2) is 53.6 Å². The molecular formula is C29H27ClF4N2O7S. The molecule has 1 atom stereocenters. The van der Waals surface area contributed by atoms with Crippen molar-refractivity contribution >= 4 is 45.4 Å². The maximum atomic E-state index is 14.3. The van der Waals surface area contributed by atoms with Crippen LogP contribution >= 0.6 is 11.6 Å². The van der Waals surface area contributed by atoms with Gasteiger partial charge in [0, 0.05) is 18.2 Å². The normalized spacial score (nSPS) is 15.2. The third-order valence-electron chi connectivity index (χ3n) is 6.54. The maximum absolute atomic E-state index is 14.3. The van der Waals surface area contributed by atoms with Gasteiger partial charge in [-0.1, -0.05) is 29.8 Å². The van der Waals surface area contributed by atoms with E-state index in [0.29, 0.717) is 17.8 Å². The Morgan fingerprint density at radius 3 is 2.68 bits per heavy atom. The summed E-state index contributed by atoms with van der Waals surface area (Å²) in [6, 6.07) is 9.04. The Morgan fingerprint density at radius 2 is 2.00 bits per heavy atom. The van der Waals surface area contributed by atoms with Crippen molar-refractivity contribution < 1.29 is 50.1 Å². The number of halogens is 5. The number of hydrogen-bond acceptors (Lipinski definition) is 8. The minimum Gasteiger partial charge on any atom is -0.486 e. The molecule has 1 aromatic heterocycles. The van der Waals surface area contributed by atoms with Crippen LogP contribution in [0.25, 0.3) is 12.2 Å². The molecule has 0 aliphatic carbocycles. The van der Waals surface area contributed by atoms with Gasteiger partial charge in [-0.05, 0) is 54.8 Å². The minimum atomic E-state index is -4.92. The summed E-state index contributed by atoms with van der Waals surface area (Å²) in [4.78, 5) is 14.3. The molecule has 0 fully saturated rings. The third-order valence-corrected chi connectivity index (χ3v) is 8.64. The molecule has 2 heterocycles. The van der Waals surface area contributed by atoms with Crippen molar-refractivity contribution in [3.8, 4) is 11.6 Å². The molecule has 0 saturated carbocycles. The van der Waals surface area contributed by atoms with Gasteiger partial charge < -0.3 is 19.3 Å². The number of aliphatic hydroxyl groups is 1. The van der Waals surface area contributed by atoms with E-state index in [0.717, 1.165) is 4.31 Å². The van der Waals surface area contributed by atoms with Crippen LogP contribution in [-0.4, -0.2) is 57.4 Å². The number of aliphatic hydroxyl groups excluding tert-OH is 1. The topological polar surface area (TPSA) is 115 Å². The lowest BCUT2D eigenvalue weighted by molar-refractivity contribution is -0.141. The van der Waals surface area contributed by atoms with Crippen LogP contribution in [0.4, 0.5) is 23.2 Å². The highest BCUT2D eigenvalue weighted by Gasteiger charge is 2.39. The standard InChI is InChI=1S/C29H27ClF4N2O7S/c1-41-27(38)7-2-4-20-17-36(44(39,40)26-15-19(29(32,33)34)16-35-28(26)42-13-12-37)24-14-18(9-11-25(24)43-20)8-10-21-22(30)5-3-6-23(21)31/h3,5-6,8-11,14-16,20,37H,2,4,7,12-13,17H2,1H3/b10-8+/t20-/m0/s1. The van der Waals surface area contributed by atoms with Crippen LogP contribution in [-0.2, 0) is 25.7 Å². The molecule has 4 rings (SSSR count). The second-order valence-electron chi connectivity index (χ2n) is 9.54. The number of pyridine rings is 1. The van der Waals surface area contributed by atoms with E-state index in [1.54, 1.807) is 6.07 Å². The highest BCUT2D eigenvalue weighted by molar-refractivity contribution is 7.93. The number of rotatable bonds is 11. The molecule has 0 radical (unpaired) electrons. The lowest BCUT2D eigenvalue weighted by Crippen LogP contribution is -2.43. The quantitative estimate of drug-likeness (QED) is 0.158. The number of nitrogens with zero attached hydrogens (tertiary/aromatic N) is 2. The molecular weight excluding hydrogens is 632 g/mol. The fraction of sp³-hybridized carbons (Fsp3) is 0.310. The van der Waals surface area contributed by atoms with Crippen molar-refractivity contribution in [1.29, 1.82) is 0 Å². The van der Waals surface area contributed by atoms with Crippen LogP contribution in [0.5, 0.6) is 11.6 Å². The van der Waals surface area contributed by atoms with Gasteiger partial charge in [0.1, 0.15) is 24.3 Å². The fourth-order valence-electron chi connectivity index (χ4n) is 4.38. The van der Waals surface area contributed by atoms with Crippen LogP contribution in [0, 0.1) is 5.82 Å². The number of esters is 1. The van der Waals surface area contributed by atoms with E-state index in [4.69, 9.17) is 21.1 Å². The largest absolute Gasteiger partial charge is 0.486 e. The van der Waals surface area contributed by atoms with Crippen molar-refractivity contribution in [3.63, 3.8) is 0 Å². The zero-order chi connectivity index (χ0) is 32.1. The average molecular weight is 659 g/mol. The smallest absolute Gasteiger partial charge is 0.417 e. The number of anilines is 1. The Bertz CT molecular complexity index is 1630. The molecule has 15 heteroatoms. The molecule has 9 nitrogen and oxygen atoms in total. The van der Waals surface area contributed by atoms with Crippen molar-refractivity contribution in [2.75, 3.05) is 31.2 Å². The molecule has 44 heavy (non-hydrogen) atoms. The summed E-state index contributed by atoms with van der Waals surface area (Å²) in [6.07, 6.45) is -1.86. The van der Waals surface area contributed by atoms with E-state index in [-0.39, 0.29) is 47.8 Å². The van der Waals surface area contributed by atoms with Gasteiger partial charge in [-0.2, -0.15) is 13.2 Å². The Kier molecular flexibility index (Phi) is 10.4. The van der Waals surface area contributed by atoms with Gasteiger partial charge in [-0.3, -0.25) is 9.10 Å². The van der Waals surface area contributed by atoms with Gasteiger partial charge in [-0.25, -0.2) is 17.8 Å². The predicted molar refractivity (Wildman–Crippen MR) is 153 cm³/mol. The summed E-state index contributed by atoms with van der Waals surface area (Å²) in [5.41, 5.74) is -0.843. The molecule has 3 aromatic rings. The second kappa shape index (κ2) is 13.8. The molecule has 236 valence electrons. The van der Waals surface area contributed by atoms with Crippen LogP contribution < -0.4 is 13.8 Å². The molecule has 1 aliphatic rings. The number of carbonyl (C=O) groups excluding carboxylic acids is 1. The van der Waals surface area contributed by atoms with Gasteiger partial charge in [0.25, 0.3) is 10.0 Å². The van der Waals surface area contributed by atoms with Crippen molar-refractivity contribution in [2.24, 2.45) is 0 Å². The first-order valence-electron chi connectivity index (χ1n) is 13.2. The number of fused-ring (bicyclic) bond motifs is 1. The highest BCUT2D eigenvalue weighted by atomic mass is 35.5. The Balaban J connectivity index is 1.79. The SMILES string of the molecule is COC(=O)CCC[C@H]1CN(S(=O)(=O)c2cc(C(F)(F)F)cnc2OCCO)c2cc(/C=C/c3c(F)cccc3Cl)ccc2O1. The Morgan fingerprint density at radius 1 is 1.23 bits per heavy atom. The van der Waals surface area contributed by atoms with E-state index in [1.807, 2.05) is 0 Å². The molecule has 0 saturated heterocycles. The van der Waals surface area contributed by atoms with E-state index in [1.165, 1.54) is 49.6 Å². The lowest BCUT2D eigenvalue weighted by atomic mass is 10.1. The lowest BCUT2D eigenvalue weighted by Gasteiger charge is -2.36. The first-order valence-corrected chi connectivity index (χ1v) is 15.0.